The second-order valence-corrected chi connectivity index (χ2v) is 5.87. The van der Waals surface area contributed by atoms with Gasteiger partial charge in [-0.2, -0.15) is 0 Å². The summed E-state index contributed by atoms with van der Waals surface area (Å²) in [5, 5.41) is 8.09. The van der Waals surface area contributed by atoms with Crippen LogP contribution in [-0.4, -0.2) is 28.8 Å². The van der Waals surface area contributed by atoms with E-state index in [0.29, 0.717) is 0 Å². The molecule has 1 aromatic carbocycles. The van der Waals surface area contributed by atoms with Crippen LogP contribution in [0.3, 0.4) is 0 Å². The largest absolute Gasteiger partial charge is 0.366 e. The van der Waals surface area contributed by atoms with Crippen LogP contribution < -0.4 is 5.32 Å². The molecule has 1 fully saturated rings. The quantitative estimate of drug-likeness (QED) is 0.677. The monoisotopic (exact) mass is 325 g/mol. The Morgan fingerprint density at radius 2 is 2.30 bits per heavy atom. The first-order valence-electron chi connectivity index (χ1n) is 7.71. The standard InChI is InChI=1S/C18H19N3OS/c1-3-6-13-7-4-8-14(11-13)17-12-15(20-22-17)16-9-5-10-21(16)18(23)19-2/h4,7-8,11-12,16H,5,9-10H2,1-2H3,(H,19,23). The first-order valence-corrected chi connectivity index (χ1v) is 8.12. The summed E-state index contributed by atoms with van der Waals surface area (Å²) in [6, 6.07) is 10.2. The van der Waals surface area contributed by atoms with Crippen molar-refractivity contribution < 1.29 is 4.52 Å². The fourth-order valence-corrected chi connectivity index (χ4v) is 3.16. The number of aromatic nitrogens is 1. The Labute approximate surface area is 141 Å². The van der Waals surface area contributed by atoms with E-state index in [2.05, 4.69) is 27.2 Å². The van der Waals surface area contributed by atoms with Crippen LogP contribution in [0, 0.1) is 11.8 Å². The van der Waals surface area contributed by atoms with Crippen molar-refractivity contribution in [2.75, 3.05) is 13.6 Å². The predicted octanol–water partition coefficient (Wildman–Crippen LogP) is 3.35. The van der Waals surface area contributed by atoms with Crippen LogP contribution in [0.25, 0.3) is 11.3 Å². The third-order valence-corrected chi connectivity index (χ3v) is 4.45. The van der Waals surface area contributed by atoms with E-state index in [4.69, 9.17) is 16.7 Å². The second kappa shape index (κ2) is 6.84. The maximum absolute atomic E-state index is 5.57. The highest BCUT2D eigenvalue weighted by molar-refractivity contribution is 7.80. The minimum absolute atomic E-state index is 0.186. The van der Waals surface area contributed by atoms with Crippen LogP contribution in [0.4, 0.5) is 0 Å². The number of rotatable bonds is 2. The van der Waals surface area contributed by atoms with Gasteiger partial charge in [0.25, 0.3) is 0 Å². The number of hydrogen-bond acceptors (Lipinski definition) is 3. The molecule has 2 heterocycles. The smallest absolute Gasteiger partial charge is 0.169 e. The zero-order valence-electron chi connectivity index (χ0n) is 13.3. The Hall–Kier alpha value is -2.32. The molecule has 0 radical (unpaired) electrons. The maximum atomic E-state index is 5.57. The number of likely N-dealkylation sites (tertiary alicyclic amines) is 1. The first-order chi connectivity index (χ1) is 11.2. The normalized spacial score (nSPS) is 16.8. The van der Waals surface area contributed by atoms with Crippen LogP contribution in [0.1, 0.15) is 37.1 Å². The number of nitrogens with one attached hydrogen (secondary N) is 1. The van der Waals surface area contributed by atoms with Gasteiger partial charge in [-0.3, -0.25) is 0 Å². The molecule has 1 atom stereocenters. The van der Waals surface area contributed by atoms with Crippen molar-refractivity contribution in [3.05, 3.63) is 41.6 Å². The fourth-order valence-electron chi connectivity index (χ4n) is 2.94. The van der Waals surface area contributed by atoms with Crippen LogP contribution >= 0.6 is 12.2 Å². The summed E-state index contributed by atoms with van der Waals surface area (Å²) < 4.78 is 5.57. The highest BCUT2D eigenvalue weighted by Gasteiger charge is 2.30. The lowest BCUT2D eigenvalue weighted by atomic mass is 10.1. The molecule has 1 aromatic heterocycles. The Bertz CT molecular complexity index is 772. The summed E-state index contributed by atoms with van der Waals surface area (Å²) in [6.45, 7) is 2.78. The van der Waals surface area contributed by atoms with Gasteiger partial charge >= 0.3 is 0 Å². The summed E-state index contributed by atoms with van der Waals surface area (Å²) in [4.78, 5) is 2.18. The van der Waals surface area contributed by atoms with E-state index in [1.54, 1.807) is 0 Å². The van der Waals surface area contributed by atoms with Crippen molar-refractivity contribution in [1.29, 1.82) is 0 Å². The maximum Gasteiger partial charge on any atom is 0.169 e. The van der Waals surface area contributed by atoms with E-state index in [1.165, 1.54) is 0 Å². The van der Waals surface area contributed by atoms with Gasteiger partial charge in [0.2, 0.25) is 0 Å². The van der Waals surface area contributed by atoms with Gasteiger partial charge in [-0.25, -0.2) is 0 Å². The Morgan fingerprint density at radius 1 is 1.43 bits per heavy atom. The molecule has 0 aliphatic carbocycles. The number of thiocarbonyl (C=S) groups is 1. The molecule has 23 heavy (non-hydrogen) atoms. The molecule has 1 saturated heterocycles. The van der Waals surface area contributed by atoms with Gasteiger partial charge in [-0.05, 0) is 44.1 Å². The molecule has 0 saturated carbocycles. The summed E-state index contributed by atoms with van der Waals surface area (Å²) in [5.74, 6) is 6.74. The first kappa shape index (κ1) is 15.6. The highest BCUT2D eigenvalue weighted by atomic mass is 32.1. The van der Waals surface area contributed by atoms with Gasteiger partial charge < -0.3 is 14.7 Å². The molecule has 3 rings (SSSR count). The van der Waals surface area contributed by atoms with Crippen molar-refractivity contribution in [3.63, 3.8) is 0 Å². The van der Waals surface area contributed by atoms with Gasteiger partial charge in [0, 0.05) is 30.8 Å². The molecule has 2 aromatic rings. The second-order valence-electron chi connectivity index (χ2n) is 5.48. The molecule has 118 valence electrons. The number of nitrogens with zero attached hydrogens (tertiary/aromatic N) is 2. The molecular formula is C18H19N3OS. The van der Waals surface area contributed by atoms with E-state index in [9.17, 15) is 0 Å². The SMILES string of the molecule is CC#Cc1cccc(-c2cc(C3CCCN3C(=S)NC)no2)c1. The van der Waals surface area contributed by atoms with E-state index in [1.807, 2.05) is 44.3 Å². The summed E-state index contributed by atoms with van der Waals surface area (Å²) >= 11 is 5.38. The molecule has 4 nitrogen and oxygen atoms in total. The lowest BCUT2D eigenvalue weighted by Gasteiger charge is -2.24. The van der Waals surface area contributed by atoms with Crippen molar-refractivity contribution in [1.82, 2.24) is 15.4 Å². The van der Waals surface area contributed by atoms with E-state index in [0.717, 1.165) is 47.1 Å². The Morgan fingerprint density at radius 3 is 3.09 bits per heavy atom. The van der Waals surface area contributed by atoms with Crippen LogP contribution in [0.2, 0.25) is 0 Å². The van der Waals surface area contributed by atoms with E-state index in [-0.39, 0.29) is 6.04 Å². The average molecular weight is 325 g/mol. The molecular weight excluding hydrogens is 306 g/mol. The van der Waals surface area contributed by atoms with Crippen molar-refractivity contribution >= 4 is 17.3 Å². The zero-order valence-corrected chi connectivity index (χ0v) is 14.1. The third-order valence-electron chi connectivity index (χ3n) is 4.01. The fraction of sp³-hybridized carbons (Fsp3) is 0.333. The molecule has 1 aliphatic heterocycles. The van der Waals surface area contributed by atoms with Gasteiger partial charge in [0.15, 0.2) is 10.9 Å². The lowest BCUT2D eigenvalue weighted by molar-refractivity contribution is 0.356. The van der Waals surface area contributed by atoms with Gasteiger partial charge in [0.1, 0.15) is 5.69 Å². The van der Waals surface area contributed by atoms with Crippen LogP contribution in [-0.2, 0) is 0 Å². The Balaban J connectivity index is 1.86. The molecule has 1 unspecified atom stereocenters. The Kier molecular flexibility index (Phi) is 4.63. The van der Waals surface area contributed by atoms with Gasteiger partial charge in [0.05, 0.1) is 6.04 Å². The average Bonchev–Trinajstić information content (AvgIpc) is 3.23. The summed E-state index contributed by atoms with van der Waals surface area (Å²) in [7, 11) is 1.85. The highest BCUT2D eigenvalue weighted by Crippen LogP contribution is 2.33. The predicted molar refractivity (Wildman–Crippen MR) is 94.8 cm³/mol. The van der Waals surface area contributed by atoms with Gasteiger partial charge in [-0.1, -0.05) is 23.2 Å². The summed E-state index contributed by atoms with van der Waals surface area (Å²) in [6.07, 6.45) is 2.14. The minimum Gasteiger partial charge on any atom is -0.366 e. The van der Waals surface area contributed by atoms with Gasteiger partial charge in [-0.15, -0.1) is 5.92 Å². The molecule has 5 heteroatoms. The third kappa shape index (κ3) is 3.22. The van der Waals surface area contributed by atoms with Crippen LogP contribution in [0.15, 0.2) is 34.9 Å². The molecule has 0 bridgehead atoms. The number of benzene rings is 1. The minimum atomic E-state index is 0.186. The van der Waals surface area contributed by atoms with Crippen molar-refractivity contribution in [3.8, 4) is 23.2 Å². The van der Waals surface area contributed by atoms with E-state index >= 15 is 0 Å². The lowest BCUT2D eigenvalue weighted by Crippen LogP contribution is -2.37. The van der Waals surface area contributed by atoms with Crippen molar-refractivity contribution in [2.45, 2.75) is 25.8 Å². The molecule has 0 amide bonds. The van der Waals surface area contributed by atoms with E-state index < -0.39 is 0 Å². The summed E-state index contributed by atoms with van der Waals surface area (Å²) in [5.41, 5.74) is 2.90. The van der Waals surface area contributed by atoms with Crippen molar-refractivity contribution in [2.24, 2.45) is 0 Å². The topological polar surface area (TPSA) is 41.3 Å². The molecule has 1 aliphatic rings. The molecule has 0 spiro atoms. The van der Waals surface area contributed by atoms with Crippen LogP contribution in [0.5, 0.6) is 0 Å². The zero-order chi connectivity index (χ0) is 16.2. The molecule has 1 N–H and O–H groups in total. The number of hydrogen-bond donors (Lipinski definition) is 1.